The Morgan fingerprint density at radius 3 is 2.53 bits per heavy atom. The maximum absolute atomic E-state index is 11.6. The summed E-state index contributed by atoms with van der Waals surface area (Å²) in [5.74, 6) is 0.0318. The van der Waals surface area contributed by atoms with Gasteiger partial charge in [0.1, 0.15) is 5.69 Å². The quantitative estimate of drug-likeness (QED) is 0.750. The van der Waals surface area contributed by atoms with Gasteiger partial charge in [0.25, 0.3) is 0 Å². The molecule has 0 saturated carbocycles. The normalized spacial score (nSPS) is 10.6. The van der Waals surface area contributed by atoms with Crippen LogP contribution in [0.25, 0.3) is 10.4 Å². The molecule has 0 bridgehead atoms. The zero-order valence-corrected chi connectivity index (χ0v) is 11.3. The number of carbonyl (C=O) groups excluding carboxylic acids is 1. The number of nitrogens with zero attached hydrogens (tertiary/aromatic N) is 1. The first-order valence-corrected chi connectivity index (χ1v) is 6.36. The number of benzene rings is 1. The third-order valence-electron chi connectivity index (χ3n) is 2.69. The van der Waals surface area contributed by atoms with Crippen LogP contribution >= 0.6 is 11.3 Å². The number of hydrogen-bond donors (Lipinski definition) is 0. The molecule has 0 amide bonds. The SMILES string of the molecule is CC(=O)c1nc(C)sc1-c1ccc(C)cc1C. The molecular formula is C14H15NOS. The lowest BCUT2D eigenvalue weighted by molar-refractivity contribution is 0.101. The molecule has 1 heterocycles. The molecule has 0 fully saturated rings. The Morgan fingerprint density at radius 1 is 1.24 bits per heavy atom. The fourth-order valence-electron chi connectivity index (χ4n) is 1.92. The minimum atomic E-state index is 0.0318. The summed E-state index contributed by atoms with van der Waals surface area (Å²) in [6.45, 7) is 7.65. The predicted octanol–water partition coefficient (Wildman–Crippen LogP) is 3.94. The molecule has 0 unspecified atom stereocenters. The monoisotopic (exact) mass is 245 g/mol. The van der Waals surface area contributed by atoms with E-state index in [9.17, 15) is 4.79 Å². The van der Waals surface area contributed by atoms with Gasteiger partial charge in [0.15, 0.2) is 5.78 Å². The molecule has 3 heteroatoms. The summed E-state index contributed by atoms with van der Waals surface area (Å²) < 4.78 is 0. The lowest BCUT2D eigenvalue weighted by atomic mass is 10.0. The Labute approximate surface area is 105 Å². The molecule has 0 aliphatic carbocycles. The highest BCUT2D eigenvalue weighted by molar-refractivity contribution is 7.15. The van der Waals surface area contributed by atoms with Gasteiger partial charge in [0.2, 0.25) is 0 Å². The van der Waals surface area contributed by atoms with Crippen LogP contribution in [0.4, 0.5) is 0 Å². The first kappa shape index (κ1) is 12.0. The van der Waals surface area contributed by atoms with Crippen molar-refractivity contribution in [3.8, 4) is 10.4 Å². The molecule has 0 atom stereocenters. The van der Waals surface area contributed by atoms with Crippen LogP contribution in [-0.2, 0) is 0 Å². The summed E-state index contributed by atoms with van der Waals surface area (Å²) in [7, 11) is 0. The molecule has 17 heavy (non-hydrogen) atoms. The van der Waals surface area contributed by atoms with Gasteiger partial charge >= 0.3 is 0 Å². The van der Waals surface area contributed by atoms with Crippen molar-refractivity contribution in [1.82, 2.24) is 4.98 Å². The van der Waals surface area contributed by atoms with Crippen molar-refractivity contribution in [3.63, 3.8) is 0 Å². The second-order valence-corrected chi connectivity index (χ2v) is 5.49. The van der Waals surface area contributed by atoms with Gasteiger partial charge in [-0.3, -0.25) is 4.79 Å². The zero-order chi connectivity index (χ0) is 12.6. The van der Waals surface area contributed by atoms with E-state index in [0.717, 1.165) is 15.4 Å². The summed E-state index contributed by atoms with van der Waals surface area (Å²) in [6.07, 6.45) is 0. The van der Waals surface area contributed by atoms with Crippen molar-refractivity contribution in [2.24, 2.45) is 0 Å². The molecular weight excluding hydrogens is 230 g/mol. The van der Waals surface area contributed by atoms with Crippen LogP contribution < -0.4 is 0 Å². The summed E-state index contributed by atoms with van der Waals surface area (Å²) in [4.78, 5) is 16.9. The van der Waals surface area contributed by atoms with Crippen LogP contribution in [0.5, 0.6) is 0 Å². The number of Topliss-reactive ketones (excluding diaryl/α,β-unsaturated/α-hetero) is 1. The average molecular weight is 245 g/mol. The summed E-state index contributed by atoms with van der Waals surface area (Å²) >= 11 is 1.58. The van der Waals surface area contributed by atoms with Crippen LogP contribution in [0.1, 0.15) is 33.5 Å². The van der Waals surface area contributed by atoms with E-state index in [1.807, 2.05) is 6.92 Å². The van der Waals surface area contributed by atoms with E-state index in [-0.39, 0.29) is 5.78 Å². The van der Waals surface area contributed by atoms with Crippen LogP contribution in [0, 0.1) is 20.8 Å². The molecule has 0 spiro atoms. The summed E-state index contributed by atoms with van der Waals surface area (Å²) in [5.41, 5.74) is 4.14. The van der Waals surface area contributed by atoms with Crippen molar-refractivity contribution >= 4 is 17.1 Å². The molecule has 0 aliphatic heterocycles. The van der Waals surface area contributed by atoms with Gasteiger partial charge in [-0.1, -0.05) is 23.8 Å². The first-order valence-electron chi connectivity index (χ1n) is 5.55. The molecule has 0 aliphatic rings. The van der Waals surface area contributed by atoms with Gasteiger partial charge in [-0.15, -0.1) is 11.3 Å². The molecule has 2 aromatic rings. The zero-order valence-electron chi connectivity index (χ0n) is 10.5. The lowest BCUT2D eigenvalue weighted by Crippen LogP contribution is -1.96. The van der Waals surface area contributed by atoms with Gasteiger partial charge in [0.05, 0.1) is 9.88 Å². The highest BCUT2D eigenvalue weighted by Crippen LogP contribution is 2.33. The van der Waals surface area contributed by atoms with Crippen molar-refractivity contribution in [1.29, 1.82) is 0 Å². The molecule has 2 rings (SSSR count). The summed E-state index contributed by atoms with van der Waals surface area (Å²) in [5, 5.41) is 0.935. The topological polar surface area (TPSA) is 30.0 Å². The number of aromatic nitrogens is 1. The molecule has 88 valence electrons. The average Bonchev–Trinajstić information content (AvgIpc) is 2.60. The molecule has 0 radical (unpaired) electrons. The van der Waals surface area contributed by atoms with E-state index in [1.54, 1.807) is 18.3 Å². The number of carbonyl (C=O) groups is 1. The Balaban J connectivity index is 2.63. The highest BCUT2D eigenvalue weighted by Gasteiger charge is 2.16. The fourth-order valence-corrected chi connectivity index (χ4v) is 2.97. The van der Waals surface area contributed by atoms with E-state index in [1.165, 1.54) is 11.1 Å². The van der Waals surface area contributed by atoms with E-state index in [4.69, 9.17) is 0 Å². The van der Waals surface area contributed by atoms with E-state index in [2.05, 4.69) is 37.0 Å². The fraction of sp³-hybridized carbons (Fsp3) is 0.286. The Kier molecular flexibility index (Phi) is 3.11. The predicted molar refractivity (Wildman–Crippen MR) is 71.8 cm³/mol. The second kappa shape index (κ2) is 4.41. The largest absolute Gasteiger partial charge is 0.293 e. The minimum absolute atomic E-state index is 0.0318. The Bertz CT molecular complexity index is 584. The van der Waals surface area contributed by atoms with Crippen molar-refractivity contribution in [2.45, 2.75) is 27.7 Å². The van der Waals surface area contributed by atoms with Gasteiger partial charge in [-0.05, 0) is 31.9 Å². The van der Waals surface area contributed by atoms with Gasteiger partial charge in [0, 0.05) is 6.92 Å². The van der Waals surface area contributed by atoms with Crippen molar-refractivity contribution in [2.75, 3.05) is 0 Å². The van der Waals surface area contributed by atoms with Crippen LogP contribution in [0.15, 0.2) is 18.2 Å². The number of aryl methyl sites for hydroxylation is 3. The van der Waals surface area contributed by atoms with Gasteiger partial charge in [-0.2, -0.15) is 0 Å². The maximum Gasteiger partial charge on any atom is 0.179 e. The third-order valence-corrected chi connectivity index (χ3v) is 3.70. The molecule has 1 aromatic heterocycles. The Morgan fingerprint density at radius 2 is 1.94 bits per heavy atom. The number of rotatable bonds is 2. The lowest BCUT2D eigenvalue weighted by Gasteiger charge is -2.05. The van der Waals surface area contributed by atoms with Crippen LogP contribution in [-0.4, -0.2) is 10.8 Å². The molecule has 2 nitrogen and oxygen atoms in total. The van der Waals surface area contributed by atoms with Crippen molar-refractivity contribution in [3.05, 3.63) is 40.0 Å². The van der Waals surface area contributed by atoms with Crippen molar-refractivity contribution < 1.29 is 4.79 Å². The van der Waals surface area contributed by atoms with Crippen LogP contribution in [0.3, 0.4) is 0 Å². The van der Waals surface area contributed by atoms with Gasteiger partial charge in [-0.25, -0.2) is 4.98 Å². The summed E-state index contributed by atoms with van der Waals surface area (Å²) in [6, 6.07) is 6.28. The number of hydrogen-bond acceptors (Lipinski definition) is 3. The third kappa shape index (κ3) is 2.29. The number of ketones is 1. The van der Waals surface area contributed by atoms with E-state index < -0.39 is 0 Å². The minimum Gasteiger partial charge on any atom is -0.293 e. The maximum atomic E-state index is 11.6. The standard InChI is InChI=1S/C14H15NOS/c1-8-5-6-12(9(2)7-8)14-13(10(3)16)15-11(4)17-14/h5-7H,1-4H3. The van der Waals surface area contributed by atoms with E-state index in [0.29, 0.717) is 5.69 Å². The molecule has 0 saturated heterocycles. The smallest absolute Gasteiger partial charge is 0.179 e. The van der Waals surface area contributed by atoms with E-state index >= 15 is 0 Å². The number of thiazole rings is 1. The Hall–Kier alpha value is -1.48. The highest BCUT2D eigenvalue weighted by atomic mass is 32.1. The van der Waals surface area contributed by atoms with Crippen LogP contribution in [0.2, 0.25) is 0 Å². The molecule has 1 aromatic carbocycles. The second-order valence-electron chi connectivity index (χ2n) is 4.29. The molecule has 0 N–H and O–H groups in total. The van der Waals surface area contributed by atoms with Gasteiger partial charge < -0.3 is 0 Å². The first-order chi connectivity index (χ1) is 7.99.